The first kappa shape index (κ1) is 14.6. The quantitative estimate of drug-likeness (QED) is 0.432. The van der Waals surface area contributed by atoms with E-state index in [0.717, 1.165) is 23.7 Å². The standard InChI is InChI=1S/C13H20OS2.Na/c15-13(16)14-12-7-10-4-8-1-2-9(3-8)5-11(12)6-10;/h8-12H,1-7H2,(H,15,16);/q;+1. The van der Waals surface area contributed by atoms with Gasteiger partial charge in [-0.15, -0.1) is 0 Å². The van der Waals surface area contributed by atoms with Gasteiger partial charge in [0, 0.05) is 0 Å². The van der Waals surface area contributed by atoms with Gasteiger partial charge in [0.1, 0.15) is 6.10 Å². The van der Waals surface area contributed by atoms with E-state index in [4.69, 9.17) is 17.0 Å². The van der Waals surface area contributed by atoms with Crippen LogP contribution in [0, 0.1) is 23.7 Å². The van der Waals surface area contributed by atoms with Gasteiger partial charge in [-0.25, -0.2) is 0 Å². The van der Waals surface area contributed by atoms with E-state index in [-0.39, 0.29) is 29.6 Å². The van der Waals surface area contributed by atoms with Gasteiger partial charge in [-0.1, -0.05) is 25.5 Å². The van der Waals surface area contributed by atoms with Crippen LogP contribution in [0.5, 0.6) is 0 Å². The van der Waals surface area contributed by atoms with Crippen molar-refractivity contribution in [1.29, 1.82) is 0 Å². The van der Waals surface area contributed by atoms with E-state index in [0.29, 0.717) is 10.5 Å². The first-order valence-electron chi connectivity index (χ1n) is 6.60. The fourth-order valence-corrected chi connectivity index (χ4v) is 4.68. The summed E-state index contributed by atoms with van der Waals surface area (Å²) in [5, 5.41) is 0. The maximum Gasteiger partial charge on any atom is 1.00 e. The van der Waals surface area contributed by atoms with E-state index in [1.807, 2.05) is 0 Å². The van der Waals surface area contributed by atoms with Crippen molar-refractivity contribution in [1.82, 2.24) is 0 Å². The predicted octanol–water partition coefficient (Wildman–Crippen LogP) is 0.827. The van der Waals surface area contributed by atoms with Gasteiger partial charge < -0.3 is 4.74 Å². The number of hydrogen-bond acceptors (Lipinski definition) is 2. The molecule has 5 atom stereocenters. The molecule has 0 radical (unpaired) electrons. The maximum atomic E-state index is 5.74. The van der Waals surface area contributed by atoms with Gasteiger partial charge in [-0.3, -0.25) is 0 Å². The molecule has 4 bridgehead atoms. The van der Waals surface area contributed by atoms with Gasteiger partial charge >= 0.3 is 29.6 Å². The van der Waals surface area contributed by atoms with Crippen molar-refractivity contribution in [3.8, 4) is 0 Å². The fraction of sp³-hybridized carbons (Fsp3) is 0.923. The minimum Gasteiger partial charge on any atom is -0.475 e. The second-order valence-electron chi connectivity index (χ2n) is 6.04. The predicted molar refractivity (Wildman–Crippen MR) is 72.7 cm³/mol. The number of thiocarbonyl (C=S) groups is 1. The van der Waals surface area contributed by atoms with E-state index in [1.54, 1.807) is 0 Å². The van der Waals surface area contributed by atoms with Crippen LogP contribution < -0.4 is 29.6 Å². The van der Waals surface area contributed by atoms with E-state index >= 15 is 0 Å². The molecule has 3 aliphatic rings. The largest absolute Gasteiger partial charge is 1.00 e. The Morgan fingerprint density at radius 1 is 0.941 bits per heavy atom. The third kappa shape index (κ3) is 3.42. The summed E-state index contributed by atoms with van der Waals surface area (Å²) in [5.74, 6) is 3.67. The summed E-state index contributed by atoms with van der Waals surface area (Å²) in [7, 11) is 0. The van der Waals surface area contributed by atoms with Crippen LogP contribution in [-0.4, -0.2) is 10.5 Å². The molecule has 0 aliphatic heterocycles. The summed E-state index contributed by atoms with van der Waals surface area (Å²) in [4.78, 5) is 0. The molecule has 0 aromatic rings. The van der Waals surface area contributed by atoms with Gasteiger partial charge in [-0.05, 0) is 68.0 Å². The molecular formula is C13H20NaOS2+. The molecule has 0 heterocycles. The topological polar surface area (TPSA) is 9.23 Å². The average molecular weight is 279 g/mol. The van der Waals surface area contributed by atoms with Gasteiger partial charge in [0.2, 0.25) is 4.38 Å². The summed E-state index contributed by atoms with van der Waals surface area (Å²) in [6.07, 6.45) is 10.3. The zero-order valence-corrected chi connectivity index (χ0v) is 14.3. The van der Waals surface area contributed by atoms with Crippen LogP contribution >= 0.6 is 24.8 Å². The van der Waals surface area contributed by atoms with Crippen LogP contribution in [0.25, 0.3) is 0 Å². The molecule has 4 heteroatoms. The van der Waals surface area contributed by atoms with Crippen LogP contribution in [0.1, 0.15) is 44.9 Å². The van der Waals surface area contributed by atoms with E-state index in [9.17, 15) is 0 Å². The minimum absolute atomic E-state index is 0. The SMILES string of the molecule is S=C(S)OC1CC2CC3CCC(C3)CC1C2.[Na+]. The van der Waals surface area contributed by atoms with E-state index in [1.165, 1.54) is 44.9 Å². The van der Waals surface area contributed by atoms with Crippen molar-refractivity contribution >= 4 is 29.2 Å². The first-order valence-corrected chi connectivity index (χ1v) is 7.46. The first-order chi connectivity index (χ1) is 7.70. The molecular weight excluding hydrogens is 259 g/mol. The smallest absolute Gasteiger partial charge is 0.475 e. The fourth-order valence-electron chi connectivity index (χ4n) is 4.42. The molecule has 0 amide bonds. The average Bonchev–Trinajstić information content (AvgIpc) is 2.75. The minimum atomic E-state index is 0. The number of thiol groups is 1. The third-order valence-corrected chi connectivity index (χ3v) is 5.13. The Balaban J connectivity index is 0.00000108. The van der Waals surface area contributed by atoms with Crippen LogP contribution in [0.4, 0.5) is 0 Å². The molecule has 0 aromatic carbocycles. The van der Waals surface area contributed by atoms with Gasteiger partial charge in [-0.2, -0.15) is 0 Å². The van der Waals surface area contributed by atoms with Crippen LogP contribution in [0.3, 0.4) is 0 Å². The molecule has 0 aromatic heterocycles. The van der Waals surface area contributed by atoms with Crippen molar-refractivity contribution in [3.63, 3.8) is 0 Å². The number of fused-ring (bicyclic) bond motifs is 4. The Hall–Kier alpha value is 1.24. The monoisotopic (exact) mass is 279 g/mol. The summed E-state index contributed by atoms with van der Waals surface area (Å²) in [5.41, 5.74) is 0. The van der Waals surface area contributed by atoms with Gasteiger partial charge in [0.05, 0.1) is 0 Å². The van der Waals surface area contributed by atoms with E-state index < -0.39 is 0 Å². The summed E-state index contributed by atoms with van der Waals surface area (Å²) < 4.78 is 6.18. The van der Waals surface area contributed by atoms with Crippen molar-refractivity contribution in [2.24, 2.45) is 23.7 Å². The molecule has 0 spiro atoms. The second kappa shape index (κ2) is 6.13. The zero-order chi connectivity index (χ0) is 11.1. The third-order valence-electron chi connectivity index (χ3n) is 4.93. The van der Waals surface area contributed by atoms with Crippen molar-refractivity contribution < 1.29 is 34.3 Å². The van der Waals surface area contributed by atoms with Gasteiger partial charge in [0.25, 0.3) is 0 Å². The van der Waals surface area contributed by atoms with Crippen molar-refractivity contribution in [2.45, 2.75) is 51.0 Å². The summed E-state index contributed by atoms with van der Waals surface area (Å²) >= 11 is 9.09. The molecule has 5 unspecified atom stereocenters. The molecule has 3 saturated carbocycles. The van der Waals surface area contributed by atoms with Crippen molar-refractivity contribution in [3.05, 3.63) is 0 Å². The van der Waals surface area contributed by atoms with Crippen molar-refractivity contribution in [2.75, 3.05) is 0 Å². The molecule has 0 N–H and O–H groups in total. The molecule has 3 fully saturated rings. The molecule has 90 valence electrons. The van der Waals surface area contributed by atoms with Crippen LogP contribution in [0.2, 0.25) is 0 Å². The molecule has 17 heavy (non-hydrogen) atoms. The molecule has 0 saturated heterocycles. The second-order valence-corrected chi connectivity index (χ2v) is 7.12. The van der Waals surface area contributed by atoms with Crippen LogP contribution in [0.15, 0.2) is 0 Å². The Labute approximate surface area is 137 Å². The van der Waals surface area contributed by atoms with E-state index in [2.05, 4.69) is 12.6 Å². The van der Waals surface area contributed by atoms with Gasteiger partial charge in [0.15, 0.2) is 0 Å². The maximum absolute atomic E-state index is 5.74. The van der Waals surface area contributed by atoms with Crippen LogP contribution in [-0.2, 0) is 4.74 Å². The molecule has 3 aliphatic carbocycles. The Morgan fingerprint density at radius 3 is 2.24 bits per heavy atom. The number of ether oxygens (including phenoxy) is 1. The summed E-state index contributed by atoms with van der Waals surface area (Å²) in [6, 6.07) is 0. The Bertz CT molecular complexity index is 297. The molecule has 1 nitrogen and oxygen atoms in total. The Morgan fingerprint density at radius 2 is 1.53 bits per heavy atom. The number of rotatable bonds is 1. The normalized spacial score (nSPS) is 43.5. The number of hydrogen-bond donors (Lipinski definition) is 1. The zero-order valence-electron chi connectivity index (χ0n) is 10.6. The Kier molecular flexibility index (Phi) is 5.28. The summed E-state index contributed by atoms with van der Waals surface area (Å²) in [6.45, 7) is 0. The molecule has 3 rings (SSSR count).